The van der Waals surface area contributed by atoms with Gasteiger partial charge in [0.05, 0.1) is 0 Å². The van der Waals surface area contributed by atoms with Crippen molar-refractivity contribution in [1.29, 1.82) is 0 Å². The third kappa shape index (κ3) is 6.37. The second-order valence-electron chi connectivity index (χ2n) is 6.84. The van der Waals surface area contributed by atoms with Gasteiger partial charge in [0.25, 0.3) is 0 Å². The van der Waals surface area contributed by atoms with Crippen LogP contribution >= 0.6 is 0 Å². The monoisotopic (exact) mass is 418 g/mol. The Balaban J connectivity index is 1.46. The number of alkyl halides is 3. The fourth-order valence-electron chi connectivity index (χ4n) is 2.98. The number of amides is 2. The van der Waals surface area contributed by atoms with Gasteiger partial charge in [-0.3, -0.25) is 9.59 Å². The molecule has 2 amide bonds. The molecule has 1 aliphatic rings. The molecule has 5 nitrogen and oxygen atoms in total. The molecule has 2 aromatic carbocycles. The predicted molar refractivity (Wildman–Crippen MR) is 107 cm³/mol. The third-order valence-electron chi connectivity index (χ3n) is 4.50. The lowest BCUT2D eigenvalue weighted by atomic mass is 10.2. The summed E-state index contributed by atoms with van der Waals surface area (Å²) in [6, 6.07) is 13.4. The molecular formula is C22H21F3N2O3. The molecule has 2 aromatic rings. The fraction of sp³-hybridized carbons (Fsp3) is 0.273. The van der Waals surface area contributed by atoms with Crippen LogP contribution in [0.25, 0.3) is 6.08 Å². The molecule has 0 aromatic heterocycles. The number of rotatable bonds is 7. The molecule has 0 radical (unpaired) electrons. The summed E-state index contributed by atoms with van der Waals surface area (Å²) in [5, 5.41) is 2.71. The van der Waals surface area contributed by atoms with Crippen LogP contribution in [0.1, 0.15) is 24.0 Å². The third-order valence-corrected chi connectivity index (χ3v) is 4.50. The van der Waals surface area contributed by atoms with Gasteiger partial charge >= 0.3 is 6.18 Å². The number of carbonyl (C=O) groups excluding carboxylic acids is 2. The van der Waals surface area contributed by atoms with Crippen molar-refractivity contribution in [2.24, 2.45) is 0 Å². The van der Waals surface area contributed by atoms with Gasteiger partial charge in [0.1, 0.15) is 5.75 Å². The van der Waals surface area contributed by atoms with Gasteiger partial charge in [-0.2, -0.15) is 13.2 Å². The Bertz CT molecular complexity index is 907. The van der Waals surface area contributed by atoms with Crippen LogP contribution in [0.3, 0.4) is 0 Å². The van der Waals surface area contributed by atoms with Crippen molar-refractivity contribution in [3.8, 4) is 5.75 Å². The average Bonchev–Trinajstić information content (AvgIpc) is 3.15. The minimum Gasteiger partial charge on any atom is -0.484 e. The largest absolute Gasteiger partial charge is 0.484 e. The smallest absolute Gasteiger partial charge is 0.422 e. The van der Waals surface area contributed by atoms with Crippen molar-refractivity contribution in [1.82, 2.24) is 5.32 Å². The van der Waals surface area contributed by atoms with Gasteiger partial charge in [-0.25, -0.2) is 0 Å². The van der Waals surface area contributed by atoms with Crippen LogP contribution in [0.15, 0.2) is 54.6 Å². The number of benzene rings is 2. The lowest BCUT2D eigenvalue weighted by molar-refractivity contribution is -0.153. The van der Waals surface area contributed by atoms with Crippen molar-refractivity contribution < 1.29 is 27.5 Å². The highest BCUT2D eigenvalue weighted by Gasteiger charge is 2.28. The maximum atomic E-state index is 12.1. The van der Waals surface area contributed by atoms with Crippen molar-refractivity contribution in [2.45, 2.75) is 25.6 Å². The van der Waals surface area contributed by atoms with Crippen LogP contribution in [-0.4, -0.2) is 31.1 Å². The van der Waals surface area contributed by atoms with Gasteiger partial charge in [0.15, 0.2) is 6.61 Å². The van der Waals surface area contributed by atoms with E-state index in [1.54, 1.807) is 23.1 Å². The molecule has 1 fully saturated rings. The zero-order chi connectivity index (χ0) is 21.6. The van der Waals surface area contributed by atoms with Gasteiger partial charge in [-0.1, -0.05) is 24.3 Å². The van der Waals surface area contributed by atoms with Crippen LogP contribution in [0, 0.1) is 0 Å². The van der Waals surface area contributed by atoms with E-state index in [0.717, 1.165) is 29.8 Å². The molecule has 0 bridgehead atoms. The SMILES string of the molecule is O=C(/C=C/c1ccc(N2CCCC2=O)cc1)NCc1ccc(OCC(F)(F)F)cc1. The summed E-state index contributed by atoms with van der Waals surface area (Å²) >= 11 is 0. The molecule has 0 saturated carbocycles. The van der Waals surface area contributed by atoms with E-state index in [0.29, 0.717) is 6.42 Å². The summed E-state index contributed by atoms with van der Waals surface area (Å²) in [6.45, 7) is -0.381. The number of nitrogens with zero attached hydrogens (tertiary/aromatic N) is 1. The second kappa shape index (κ2) is 9.47. The summed E-state index contributed by atoms with van der Waals surface area (Å²) in [4.78, 5) is 25.5. The number of nitrogens with one attached hydrogen (secondary N) is 1. The molecule has 1 N–H and O–H groups in total. The van der Waals surface area contributed by atoms with Gasteiger partial charge in [0, 0.05) is 31.3 Å². The van der Waals surface area contributed by atoms with E-state index in [9.17, 15) is 22.8 Å². The van der Waals surface area contributed by atoms with Crippen LogP contribution in [-0.2, 0) is 16.1 Å². The van der Waals surface area contributed by atoms with Gasteiger partial charge in [0.2, 0.25) is 11.8 Å². The van der Waals surface area contributed by atoms with Crippen LogP contribution in [0.2, 0.25) is 0 Å². The minimum atomic E-state index is -4.38. The van der Waals surface area contributed by atoms with Crippen molar-refractivity contribution >= 4 is 23.6 Å². The summed E-state index contributed by atoms with van der Waals surface area (Å²) in [5.74, 6) is -0.0646. The van der Waals surface area contributed by atoms with E-state index in [1.807, 2.05) is 24.3 Å². The Kier molecular flexibility index (Phi) is 6.76. The first kappa shape index (κ1) is 21.4. The van der Waals surface area contributed by atoms with Gasteiger partial charge in [-0.05, 0) is 47.9 Å². The van der Waals surface area contributed by atoms with E-state index in [-0.39, 0.29) is 24.1 Å². The number of hydrogen-bond acceptors (Lipinski definition) is 3. The molecule has 8 heteroatoms. The Hall–Kier alpha value is -3.29. The molecule has 0 aliphatic carbocycles. The van der Waals surface area contributed by atoms with Crippen LogP contribution in [0.5, 0.6) is 5.75 Å². The summed E-state index contributed by atoms with van der Waals surface area (Å²) < 4.78 is 41.1. The highest BCUT2D eigenvalue weighted by atomic mass is 19.4. The average molecular weight is 418 g/mol. The molecule has 158 valence electrons. The first-order valence-electron chi connectivity index (χ1n) is 9.45. The molecule has 1 aliphatic heterocycles. The molecule has 0 spiro atoms. The quantitative estimate of drug-likeness (QED) is 0.690. The van der Waals surface area contributed by atoms with Gasteiger partial charge < -0.3 is 15.0 Å². The Morgan fingerprint density at radius 3 is 2.40 bits per heavy atom. The lowest BCUT2D eigenvalue weighted by Crippen LogP contribution is -2.23. The topological polar surface area (TPSA) is 58.6 Å². The Labute approximate surface area is 172 Å². The van der Waals surface area contributed by atoms with Crippen LogP contribution in [0.4, 0.5) is 18.9 Å². The molecule has 1 saturated heterocycles. The zero-order valence-electron chi connectivity index (χ0n) is 16.1. The Morgan fingerprint density at radius 1 is 1.10 bits per heavy atom. The first-order chi connectivity index (χ1) is 14.3. The number of ether oxygens (including phenoxy) is 1. The summed E-state index contributed by atoms with van der Waals surface area (Å²) in [5.41, 5.74) is 2.41. The maximum Gasteiger partial charge on any atom is 0.422 e. The Morgan fingerprint density at radius 2 is 1.80 bits per heavy atom. The highest BCUT2D eigenvalue weighted by Crippen LogP contribution is 2.22. The first-order valence-corrected chi connectivity index (χ1v) is 9.45. The molecular weight excluding hydrogens is 397 g/mol. The van der Waals surface area contributed by atoms with E-state index < -0.39 is 12.8 Å². The number of carbonyl (C=O) groups is 2. The predicted octanol–water partition coefficient (Wildman–Crippen LogP) is 4.08. The summed E-state index contributed by atoms with van der Waals surface area (Å²) in [7, 11) is 0. The summed E-state index contributed by atoms with van der Waals surface area (Å²) in [6.07, 6.45) is 0.121. The number of hydrogen-bond donors (Lipinski definition) is 1. The molecule has 30 heavy (non-hydrogen) atoms. The number of halogens is 3. The molecule has 3 rings (SSSR count). The number of anilines is 1. The minimum absolute atomic E-state index is 0.112. The van der Waals surface area contributed by atoms with Gasteiger partial charge in [-0.15, -0.1) is 0 Å². The standard InChI is InChI=1S/C22H21F3N2O3/c23-22(24,25)15-30-19-10-5-17(6-11-19)14-26-20(28)12-7-16-3-8-18(9-4-16)27-13-1-2-21(27)29/h3-12H,1-2,13-15H2,(H,26,28)/b12-7+. The highest BCUT2D eigenvalue weighted by molar-refractivity contribution is 5.95. The van der Waals surface area contributed by atoms with Crippen molar-refractivity contribution in [2.75, 3.05) is 18.1 Å². The second-order valence-corrected chi connectivity index (χ2v) is 6.84. The van der Waals surface area contributed by atoms with E-state index in [4.69, 9.17) is 0 Å². The zero-order valence-corrected chi connectivity index (χ0v) is 16.1. The molecule has 0 atom stereocenters. The normalized spacial score (nSPS) is 14.4. The van der Waals surface area contributed by atoms with E-state index in [1.165, 1.54) is 18.2 Å². The molecule has 0 unspecified atom stereocenters. The van der Waals surface area contributed by atoms with Crippen molar-refractivity contribution in [3.63, 3.8) is 0 Å². The lowest BCUT2D eigenvalue weighted by Gasteiger charge is -2.15. The maximum absolute atomic E-state index is 12.1. The van der Waals surface area contributed by atoms with E-state index in [2.05, 4.69) is 10.1 Å². The van der Waals surface area contributed by atoms with Crippen LogP contribution < -0.4 is 15.0 Å². The van der Waals surface area contributed by atoms with E-state index >= 15 is 0 Å². The van der Waals surface area contributed by atoms with Crippen molar-refractivity contribution in [3.05, 3.63) is 65.7 Å². The fourth-order valence-corrected chi connectivity index (χ4v) is 2.98. The molecule has 1 heterocycles.